The second-order valence-corrected chi connectivity index (χ2v) is 4.59. The molecule has 2 rings (SSSR count). The van der Waals surface area contributed by atoms with Gasteiger partial charge in [-0.2, -0.15) is 0 Å². The number of nitrogens with zero attached hydrogens (tertiary/aromatic N) is 2. The highest BCUT2D eigenvalue weighted by atomic mass is 35.5. The zero-order valence-corrected chi connectivity index (χ0v) is 10.6. The van der Waals surface area contributed by atoms with Gasteiger partial charge in [-0.1, -0.05) is 30.3 Å². The van der Waals surface area contributed by atoms with E-state index in [1.54, 1.807) is 0 Å². The van der Waals surface area contributed by atoms with Crippen molar-refractivity contribution < 1.29 is 0 Å². The molecular formula is C14H17ClN2. The van der Waals surface area contributed by atoms with Crippen LogP contribution in [0, 0.1) is 0 Å². The Morgan fingerprint density at radius 1 is 1.18 bits per heavy atom. The van der Waals surface area contributed by atoms with Crippen molar-refractivity contribution in [1.29, 1.82) is 0 Å². The molecule has 0 N–H and O–H groups in total. The van der Waals surface area contributed by atoms with Crippen molar-refractivity contribution in [3.8, 4) is 0 Å². The second kappa shape index (κ2) is 6.58. The Kier molecular flexibility index (Phi) is 4.77. The minimum atomic E-state index is 0.668. The summed E-state index contributed by atoms with van der Waals surface area (Å²) in [5.41, 5.74) is 2.70. The second-order valence-electron chi connectivity index (χ2n) is 4.21. The molecule has 90 valence electrons. The lowest BCUT2D eigenvalue weighted by molar-refractivity contribution is 0.305. The van der Waals surface area contributed by atoms with Gasteiger partial charge in [0.15, 0.2) is 0 Å². The SMILES string of the molecule is ClCCN(CC1=CN=CC1)Cc1ccccc1. The van der Waals surface area contributed by atoms with Crippen molar-refractivity contribution in [2.75, 3.05) is 19.0 Å². The number of alkyl halides is 1. The Morgan fingerprint density at radius 2 is 2.00 bits per heavy atom. The standard InChI is InChI=1S/C14H17ClN2/c15-7-9-17(12-14-6-8-16-10-14)11-13-4-2-1-3-5-13/h1-5,8,10H,6-7,9,11-12H2. The largest absolute Gasteiger partial charge is 0.294 e. The fourth-order valence-corrected chi connectivity index (χ4v) is 2.19. The molecule has 2 nitrogen and oxygen atoms in total. The number of benzene rings is 1. The third-order valence-corrected chi connectivity index (χ3v) is 2.96. The van der Waals surface area contributed by atoms with Crippen LogP contribution < -0.4 is 0 Å². The van der Waals surface area contributed by atoms with Crippen LogP contribution in [0.1, 0.15) is 12.0 Å². The highest BCUT2D eigenvalue weighted by molar-refractivity contribution is 6.18. The van der Waals surface area contributed by atoms with Crippen molar-refractivity contribution in [1.82, 2.24) is 4.90 Å². The van der Waals surface area contributed by atoms with Crippen LogP contribution in [-0.4, -0.2) is 30.1 Å². The predicted octanol–water partition coefficient (Wildman–Crippen LogP) is 3.09. The first-order valence-electron chi connectivity index (χ1n) is 5.90. The van der Waals surface area contributed by atoms with E-state index in [4.69, 9.17) is 11.6 Å². The summed E-state index contributed by atoms with van der Waals surface area (Å²) < 4.78 is 0. The van der Waals surface area contributed by atoms with E-state index >= 15 is 0 Å². The predicted molar refractivity (Wildman–Crippen MR) is 73.6 cm³/mol. The molecule has 0 fully saturated rings. The molecular weight excluding hydrogens is 232 g/mol. The molecule has 0 aromatic heterocycles. The van der Waals surface area contributed by atoms with Gasteiger partial charge >= 0.3 is 0 Å². The first kappa shape index (κ1) is 12.3. The quantitative estimate of drug-likeness (QED) is 0.707. The van der Waals surface area contributed by atoms with Crippen molar-refractivity contribution in [3.63, 3.8) is 0 Å². The fourth-order valence-electron chi connectivity index (χ4n) is 1.95. The van der Waals surface area contributed by atoms with Gasteiger partial charge in [-0.25, -0.2) is 0 Å². The smallest absolute Gasteiger partial charge is 0.0351 e. The van der Waals surface area contributed by atoms with Crippen molar-refractivity contribution >= 4 is 17.8 Å². The molecule has 0 saturated heterocycles. The molecule has 0 radical (unpaired) electrons. The van der Waals surface area contributed by atoms with Crippen LogP contribution in [0.3, 0.4) is 0 Å². The summed E-state index contributed by atoms with van der Waals surface area (Å²) in [6.45, 7) is 2.82. The van der Waals surface area contributed by atoms with E-state index in [0.717, 1.165) is 26.1 Å². The molecule has 0 unspecified atom stereocenters. The summed E-state index contributed by atoms with van der Waals surface area (Å²) in [6, 6.07) is 10.5. The maximum Gasteiger partial charge on any atom is 0.0351 e. The summed E-state index contributed by atoms with van der Waals surface area (Å²) in [5.74, 6) is 0.668. The lowest BCUT2D eigenvalue weighted by Gasteiger charge is -2.21. The summed E-state index contributed by atoms with van der Waals surface area (Å²) >= 11 is 5.86. The Hall–Kier alpha value is -1.12. The van der Waals surface area contributed by atoms with Gasteiger partial charge in [0, 0.05) is 44.3 Å². The molecule has 1 heterocycles. The zero-order valence-electron chi connectivity index (χ0n) is 9.85. The van der Waals surface area contributed by atoms with Crippen LogP contribution in [0.2, 0.25) is 0 Å². The van der Waals surface area contributed by atoms with Crippen LogP contribution in [0.5, 0.6) is 0 Å². The molecule has 0 atom stereocenters. The van der Waals surface area contributed by atoms with Gasteiger partial charge < -0.3 is 0 Å². The number of hydrogen-bond acceptors (Lipinski definition) is 2. The van der Waals surface area contributed by atoms with Crippen molar-refractivity contribution in [2.24, 2.45) is 4.99 Å². The third-order valence-electron chi connectivity index (χ3n) is 2.79. The topological polar surface area (TPSA) is 15.6 Å². The van der Waals surface area contributed by atoms with Crippen LogP contribution in [0.15, 0.2) is 47.1 Å². The maximum absolute atomic E-state index is 5.86. The lowest BCUT2D eigenvalue weighted by atomic mass is 10.2. The average molecular weight is 249 g/mol. The molecule has 1 aromatic rings. The molecule has 0 saturated carbocycles. The molecule has 1 aliphatic rings. The van der Waals surface area contributed by atoms with Gasteiger partial charge in [0.25, 0.3) is 0 Å². The van der Waals surface area contributed by atoms with Gasteiger partial charge in [-0.05, 0) is 11.1 Å². The Labute approximate surface area is 108 Å². The summed E-state index contributed by atoms with van der Waals surface area (Å²) in [4.78, 5) is 6.50. The van der Waals surface area contributed by atoms with E-state index in [1.807, 2.05) is 18.5 Å². The monoisotopic (exact) mass is 248 g/mol. The lowest BCUT2D eigenvalue weighted by Crippen LogP contribution is -2.27. The highest BCUT2D eigenvalue weighted by Crippen LogP contribution is 2.12. The van der Waals surface area contributed by atoms with E-state index < -0.39 is 0 Å². The molecule has 0 bridgehead atoms. The Morgan fingerprint density at radius 3 is 2.65 bits per heavy atom. The molecule has 0 spiro atoms. The van der Waals surface area contributed by atoms with E-state index in [1.165, 1.54) is 11.1 Å². The van der Waals surface area contributed by atoms with Gasteiger partial charge in [-0.3, -0.25) is 9.89 Å². The van der Waals surface area contributed by atoms with Crippen LogP contribution >= 0.6 is 11.6 Å². The van der Waals surface area contributed by atoms with Gasteiger partial charge in [0.2, 0.25) is 0 Å². The third kappa shape index (κ3) is 3.99. The normalized spacial score (nSPS) is 14.4. The van der Waals surface area contributed by atoms with E-state index in [0.29, 0.717) is 5.88 Å². The van der Waals surface area contributed by atoms with Gasteiger partial charge in [-0.15, -0.1) is 11.6 Å². The van der Waals surface area contributed by atoms with Crippen molar-refractivity contribution in [2.45, 2.75) is 13.0 Å². The molecule has 3 heteroatoms. The van der Waals surface area contributed by atoms with E-state index in [-0.39, 0.29) is 0 Å². The Bertz CT molecular complexity index is 398. The summed E-state index contributed by atoms with van der Waals surface area (Å²) in [6.07, 6.45) is 4.90. The van der Waals surface area contributed by atoms with Gasteiger partial charge in [0.1, 0.15) is 0 Å². The van der Waals surface area contributed by atoms with Crippen LogP contribution in [0.25, 0.3) is 0 Å². The van der Waals surface area contributed by atoms with Crippen molar-refractivity contribution in [3.05, 3.63) is 47.7 Å². The highest BCUT2D eigenvalue weighted by Gasteiger charge is 2.09. The summed E-state index contributed by atoms with van der Waals surface area (Å²) in [5, 5.41) is 0. The molecule has 0 amide bonds. The number of halogens is 1. The first-order chi connectivity index (χ1) is 8.38. The molecule has 17 heavy (non-hydrogen) atoms. The van der Waals surface area contributed by atoms with E-state index in [2.05, 4.69) is 34.2 Å². The van der Waals surface area contributed by atoms with Crippen LogP contribution in [0.4, 0.5) is 0 Å². The fraction of sp³-hybridized carbons (Fsp3) is 0.357. The van der Waals surface area contributed by atoms with Crippen LogP contribution in [-0.2, 0) is 6.54 Å². The van der Waals surface area contributed by atoms with E-state index in [9.17, 15) is 0 Å². The minimum absolute atomic E-state index is 0.668. The number of aliphatic imine (C=N–C) groups is 1. The maximum atomic E-state index is 5.86. The molecule has 1 aromatic carbocycles. The minimum Gasteiger partial charge on any atom is -0.294 e. The average Bonchev–Trinajstić information content (AvgIpc) is 2.83. The first-order valence-corrected chi connectivity index (χ1v) is 6.44. The molecule has 0 aliphatic carbocycles. The zero-order chi connectivity index (χ0) is 11.9. The summed E-state index contributed by atoms with van der Waals surface area (Å²) in [7, 11) is 0. The van der Waals surface area contributed by atoms with Gasteiger partial charge in [0.05, 0.1) is 0 Å². The number of rotatable bonds is 6. The number of hydrogen-bond donors (Lipinski definition) is 0. The Balaban J connectivity index is 1.92. The molecule has 1 aliphatic heterocycles.